The van der Waals surface area contributed by atoms with Crippen LogP contribution in [0.2, 0.25) is 0 Å². The molecule has 1 saturated heterocycles. The van der Waals surface area contributed by atoms with Crippen molar-refractivity contribution in [1.29, 1.82) is 0 Å². The molecule has 1 aromatic rings. The van der Waals surface area contributed by atoms with Crippen LogP contribution in [0.25, 0.3) is 0 Å². The standard InChI is InChI=1S/C20H25NO3/c1-4-6-13(5-2)7-8-14-15-9-10-17-20(15,24-17)18(14)19-21-16(11-23-19)12(3)22/h5,7,11,14-15,17-18H,2,4,6,8-10H2,1,3H3/t14?,15?,17-,18-,20+/m1/s1. The van der Waals surface area contributed by atoms with Gasteiger partial charge in [-0.3, -0.25) is 4.79 Å². The lowest BCUT2D eigenvalue weighted by molar-refractivity contribution is -0.0183. The quantitative estimate of drug-likeness (QED) is 0.422. The third-order valence-corrected chi connectivity index (χ3v) is 6.14. The van der Waals surface area contributed by atoms with Crippen molar-refractivity contribution < 1.29 is 13.9 Å². The highest BCUT2D eigenvalue weighted by molar-refractivity contribution is 5.91. The summed E-state index contributed by atoms with van der Waals surface area (Å²) in [5, 5.41) is 0. The molecule has 0 aromatic carbocycles. The van der Waals surface area contributed by atoms with Crippen molar-refractivity contribution in [2.45, 2.75) is 63.6 Å². The van der Waals surface area contributed by atoms with Crippen LogP contribution in [-0.4, -0.2) is 22.5 Å². The van der Waals surface area contributed by atoms with Gasteiger partial charge in [0.2, 0.25) is 5.89 Å². The molecule has 3 aliphatic rings. The zero-order valence-corrected chi connectivity index (χ0v) is 14.5. The van der Waals surface area contributed by atoms with Gasteiger partial charge in [-0.15, -0.1) is 0 Å². The maximum Gasteiger partial charge on any atom is 0.201 e. The van der Waals surface area contributed by atoms with Crippen LogP contribution >= 0.6 is 0 Å². The second kappa shape index (κ2) is 5.69. The zero-order chi connectivity index (χ0) is 16.9. The number of epoxide rings is 1. The van der Waals surface area contributed by atoms with Crippen LogP contribution in [0.4, 0.5) is 0 Å². The van der Waals surface area contributed by atoms with Gasteiger partial charge in [0, 0.05) is 6.92 Å². The molecule has 5 atom stereocenters. The molecule has 3 fully saturated rings. The summed E-state index contributed by atoms with van der Waals surface area (Å²) in [6, 6.07) is 0. The molecule has 0 radical (unpaired) electrons. The van der Waals surface area contributed by atoms with Crippen molar-refractivity contribution >= 4 is 5.78 Å². The number of ketones is 1. The van der Waals surface area contributed by atoms with Crippen LogP contribution in [0, 0.1) is 11.8 Å². The number of carbonyl (C=O) groups excluding carboxylic acids is 1. The minimum absolute atomic E-state index is 0.0451. The molecule has 4 rings (SSSR count). The zero-order valence-electron chi connectivity index (χ0n) is 14.5. The van der Waals surface area contributed by atoms with Crippen LogP contribution in [0.15, 0.2) is 35.0 Å². The van der Waals surface area contributed by atoms with E-state index in [4.69, 9.17) is 9.15 Å². The summed E-state index contributed by atoms with van der Waals surface area (Å²) in [7, 11) is 0. The molecule has 128 valence electrons. The molecule has 0 amide bonds. The summed E-state index contributed by atoms with van der Waals surface area (Å²) in [5.74, 6) is 1.92. The molecule has 1 spiro atoms. The lowest BCUT2D eigenvalue weighted by Gasteiger charge is -2.47. The third kappa shape index (κ3) is 2.16. The Morgan fingerprint density at radius 2 is 2.33 bits per heavy atom. The van der Waals surface area contributed by atoms with E-state index in [2.05, 4.69) is 24.6 Å². The van der Waals surface area contributed by atoms with Crippen molar-refractivity contribution in [2.75, 3.05) is 0 Å². The van der Waals surface area contributed by atoms with Crippen LogP contribution in [-0.2, 0) is 4.74 Å². The molecule has 4 heteroatoms. The van der Waals surface area contributed by atoms with Gasteiger partial charge in [-0.25, -0.2) is 4.98 Å². The first-order valence-electron chi connectivity index (χ1n) is 9.07. The van der Waals surface area contributed by atoms with E-state index in [1.165, 1.54) is 25.2 Å². The highest BCUT2D eigenvalue weighted by Crippen LogP contribution is 2.74. The fraction of sp³-hybridized carbons (Fsp3) is 0.600. The number of allylic oxidation sites excluding steroid dienone is 3. The van der Waals surface area contributed by atoms with E-state index in [1.807, 2.05) is 6.08 Å². The Balaban J connectivity index is 1.58. The average Bonchev–Trinajstić information content (AvgIpc) is 2.97. The van der Waals surface area contributed by atoms with Gasteiger partial charge in [0.15, 0.2) is 5.78 Å². The SMILES string of the molecule is C=CC(=CCC1C2CC[C@H]3O[C@@]23[C@H]1c1nc(C(C)=O)co1)CCC. The van der Waals surface area contributed by atoms with Crippen molar-refractivity contribution in [1.82, 2.24) is 4.98 Å². The van der Waals surface area contributed by atoms with Crippen LogP contribution in [0.5, 0.6) is 0 Å². The number of nitrogens with zero attached hydrogens (tertiary/aromatic N) is 1. The molecule has 4 nitrogen and oxygen atoms in total. The first-order chi connectivity index (χ1) is 11.6. The molecular weight excluding hydrogens is 302 g/mol. The number of hydrogen-bond acceptors (Lipinski definition) is 4. The Hall–Kier alpha value is -1.68. The number of oxazole rings is 1. The van der Waals surface area contributed by atoms with Gasteiger partial charge in [0.05, 0.1) is 12.0 Å². The van der Waals surface area contributed by atoms with Gasteiger partial charge in [-0.2, -0.15) is 0 Å². The predicted octanol–water partition coefficient (Wildman–Crippen LogP) is 4.44. The van der Waals surface area contributed by atoms with Gasteiger partial charge in [0.1, 0.15) is 17.6 Å². The fourth-order valence-electron chi connectivity index (χ4n) is 5.01. The summed E-state index contributed by atoms with van der Waals surface area (Å²) in [6.07, 6.45) is 11.7. The van der Waals surface area contributed by atoms with Crippen molar-refractivity contribution in [3.8, 4) is 0 Å². The monoisotopic (exact) mass is 327 g/mol. The Kier molecular flexibility index (Phi) is 3.75. The molecule has 0 bridgehead atoms. The van der Waals surface area contributed by atoms with Crippen molar-refractivity contribution in [2.24, 2.45) is 11.8 Å². The van der Waals surface area contributed by atoms with E-state index in [0.717, 1.165) is 25.7 Å². The lowest BCUT2D eigenvalue weighted by Crippen LogP contribution is -2.51. The summed E-state index contributed by atoms with van der Waals surface area (Å²) in [6.45, 7) is 7.64. The molecule has 2 unspecified atom stereocenters. The summed E-state index contributed by atoms with van der Waals surface area (Å²) in [5.41, 5.74) is 1.70. The van der Waals surface area contributed by atoms with Gasteiger partial charge in [-0.05, 0) is 37.5 Å². The minimum atomic E-state index is -0.0496. The van der Waals surface area contributed by atoms with E-state index >= 15 is 0 Å². The predicted molar refractivity (Wildman–Crippen MR) is 90.9 cm³/mol. The number of carbonyl (C=O) groups is 1. The highest BCUT2D eigenvalue weighted by atomic mass is 16.6. The van der Waals surface area contributed by atoms with E-state index in [9.17, 15) is 4.79 Å². The van der Waals surface area contributed by atoms with Gasteiger partial charge < -0.3 is 9.15 Å². The maximum absolute atomic E-state index is 11.5. The number of rotatable bonds is 7. The van der Waals surface area contributed by atoms with E-state index in [0.29, 0.717) is 29.5 Å². The average molecular weight is 327 g/mol. The van der Waals surface area contributed by atoms with Crippen molar-refractivity contribution in [3.05, 3.63) is 42.2 Å². The fourth-order valence-corrected chi connectivity index (χ4v) is 5.01. The van der Waals surface area contributed by atoms with Gasteiger partial charge in [0.25, 0.3) is 0 Å². The number of Topliss-reactive ketones (excluding diaryl/α,β-unsaturated/α-hetero) is 1. The number of hydrogen-bond donors (Lipinski definition) is 0. The normalized spacial score (nSPS) is 36.7. The number of aromatic nitrogens is 1. The van der Waals surface area contributed by atoms with E-state index in [-0.39, 0.29) is 17.3 Å². The largest absolute Gasteiger partial charge is 0.448 e. The summed E-state index contributed by atoms with van der Waals surface area (Å²) in [4.78, 5) is 16.0. The highest BCUT2D eigenvalue weighted by Gasteiger charge is 2.80. The molecule has 2 aliphatic carbocycles. The molecule has 1 aromatic heterocycles. The molecule has 24 heavy (non-hydrogen) atoms. The van der Waals surface area contributed by atoms with Gasteiger partial charge >= 0.3 is 0 Å². The molecule has 2 heterocycles. The smallest absolute Gasteiger partial charge is 0.201 e. The molecular formula is C20H25NO3. The van der Waals surface area contributed by atoms with Crippen LogP contribution in [0.3, 0.4) is 0 Å². The minimum Gasteiger partial charge on any atom is -0.448 e. The molecule has 2 saturated carbocycles. The molecule has 0 N–H and O–H groups in total. The maximum atomic E-state index is 11.5. The topological polar surface area (TPSA) is 55.6 Å². The molecule has 1 aliphatic heterocycles. The third-order valence-electron chi connectivity index (χ3n) is 6.14. The first kappa shape index (κ1) is 15.8. The summed E-state index contributed by atoms with van der Waals surface area (Å²) >= 11 is 0. The first-order valence-corrected chi connectivity index (χ1v) is 9.07. The second-order valence-corrected chi connectivity index (χ2v) is 7.38. The van der Waals surface area contributed by atoms with E-state index in [1.54, 1.807) is 0 Å². The van der Waals surface area contributed by atoms with E-state index < -0.39 is 0 Å². The Labute approximate surface area is 143 Å². The second-order valence-electron chi connectivity index (χ2n) is 7.38. The van der Waals surface area contributed by atoms with Crippen LogP contribution < -0.4 is 0 Å². The summed E-state index contributed by atoms with van der Waals surface area (Å²) < 4.78 is 11.7. The van der Waals surface area contributed by atoms with Crippen LogP contribution in [0.1, 0.15) is 68.2 Å². The van der Waals surface area contributed by atoms with Crippen molar-refractivity contribution in [3.63, 3.8) is 0 Å². The Bertz CT molecular complexity index is 703. The Morgan fingerprint density at radius 3 is 2.96 bits per heavy atom. The Morgan fingerprint density at radius 1 is 1.50 bits per heavy atom. The number of ether oxygens (including phenoxy) is 1. The van der Waals surface area contributed by atoms with Gasteiger partial charge in [-0.1, -0.05) is 37.6 Å². The lowest BCUT2D eigenvalue weighted by atomic mass is 9.55.